The highest BCUT2D eigenvalue weighted by Gasteiger charge is 2.35. The lowest BCUT2D eigenvalue weighted by molar-refractivity contribution is -0.144. The smallest absolute Gasteiger partial charge is 0.408 e. The number of likely N-dealkylation sites (N-methyl/N-ethyl adjacent to an activating group) is 1. The number of rotatable bonds is 8. The number of alkyl carbamates (subject to hydrolysis) is 1. The van der Waals surface area contributed by atoms with Crippen LogP contribution < -0.4 is 10.6 Å². The molecule has 1 aromatic carbocycles. The summed E-state index contributed by atoms with van der Waals surface area (Å²) in [6.45, 7) is 3.68. The number of carbonyl (C=O) groups is 4. The topological polar surface area (TPSA) is 154 Å². The normalized spacial score (nSPS) is 12.8. The largest absolute Gasteiger partial charge is 0.508 e. The molecule has 0 aliphatic carbocycles. The molecular weight excluding hydrogens is 410 g/mol. The van der Waals surface area contributed by atoms with Gasteiger partial charge in [0.05, 0.1) is 13.7 Å². The van der Waals surface area contributed by atoms with Crippen LogP contribution in [-0.2, 0) is 23.9 Å². The summed E-state index contributed by atoms with van der Waals surface area (Å²) in [5.74, 6) is -2.58. The number of para-hydroxylation sites is 1. The van der Waals surface area contributed by atoms with Gasteiger partial charge in [-0.3, -0.25) is 14.4 Å². The fraction of sp³-hybridized carbons (Fsp3) is 0.500. The van der Waals surface area contributed by atoms with Crippen LogP contribution in [0.25, 0.3) is 0 Å². The van der Waals surface area contributed by atoms with E-state index >= 15 is 0 Å². The average Bonchev–Trinajstić information content (AvgIpc) is 2.69. The molecule has 31 heavy (non-hydrogen) atoms. The van der Waals surface area contributed by atoms with Crippen LogP contribution in [-0.4, -0.2) is 77.9 Å². The summed E-state index contributed by atoms with van der Waals surface area (Å²) < 4.78 is 9.57. The van der Waals surface area contributed by atoms with Crippen LogP contribution in [0.1, 0.15) is 32.4 Å². The molecule has 3 amide bonds. The van der Waals surface area contributed by atoms with E-state index in [4.69, 9.17) is 4.74 Å². The Hall–Kier alpha value is -3.34. The Bertz CT molecular complexity index is 806. The first-order chi connectivity index (χ1) is 14.4. The van der Waals surface area contributed by atoms with Crippen molar-refractivity contribution in [2.45, 2.75) is 38.5 Å². The van der Waals surface area contributed by atoms with Crippen molar-refractivity contribution in [1.29, 1.82) is 0 Å². The van der Waals surface area contributed by atoms with Gasteiger partial charge < -0.3 is 35.2 Å². The number of aliphatic hydroxyl groups is 1. The van der Waals surface area contributed by atoms with Gasteiger partial charge in [-0.15, -0.1) is 0 Å². The van der Waals surface area contributed by atoms with E-state index in [0.717, 1.165) is 12.0 Å². The third-order valence-electron chi connectivity index (χ3n) is 4.02. The minimum absolute atomic E-state index is 0.0784. The molecule has 0 saturated carbocycles. The Balaban J connectivity index is 3.14. The summed E-state index contributed by atoms with van der Waals surface area (Å²) in [6.07, 6.45) is -0.928. The van der Waals surface area contributed by atoms with Gasteiger partial charge in [0, 0.05) is 12.6 Å². The monoisotopic (exact) mass is 439 g/mol. The molecule has 0 saturated heterocycles. The molecule has 172 valence electrons. The van der Waals surface area contributed by atoms with Gasteiger partial charge in [0.15, 0.2) is 0 Å². The third kappa shape index (κ3) is 7.78. The zero-order chi connectivity index (χ0) is 23.8. The second kappa shape index (κ2) is 11.2. The van der Waals surface area contributed by atoms with E-state index in [1.54, 1.807) is 26.8 Å². The first kappa shape index (κ1) is 25.7. The van der Waals surface area contributed by atoms with Crippen LogP contribution in [0.2, 0.25) is 0 Å². The fourth-order valence-electron chi connectivity index (χ4n) is 2.58. The Morgan fingerprint density at radius 1 is 1.16 bits per heavy atom. The van der Waals surface area contributed by atoms with Gasteiger partial charge >= 0.3 is 12.1 Å². The lowest BCUT2D eigenvalue weighted by atomic mass is 10.0. The molecule has 0 aromatic heterocycles. The molecular formula is C20H29N3O8. The van der Waals surface area contributed by atoms with Gasteiger partial charge in [-0.1, -0.05) is 18.2 Å². The van der Waals surface area contributed by atoms with Crippen molar-refractivity contribution in [3.8, 4) is 5.75 Å². The predicted octanol–water partition coefficient (Wildman–Crippen LogP) is 0.0665. The van der Waals surface area contributed by atoms with Gasteiger partial charge in [-0.05, 0) is 26.8 Å². The number of phenolic OH excluding ortho intramolecular Hbond substituents is 1. The fourth-order valence-corrected chi connectivity index (χ4v) is 2.58. The lowest BCUT2D eigenvalue weighted by Crippen LogP contribution is -2.53. The van der Waals surface area contributed by atoms with Crippen molar-refractivity contribution in [2.24, 2.45) is 0 Å². The highest BCUT2D eigenvalue weighted by molar-refractivity contribution is 5.93. The number of ether oxygens (including phenoxy) is 2. The number of carbonyl (C=O) groups excluding carboxylic acids is 4. The Kier molecular flexibility index (Phi) is 9.25. The number of esters is 1. The minimum atomic E-state index is -1.42. The van der Waals surface area contributed by atoms with Crippen molar-refractivity contribution in [3.63, 3.8) is 0 Å². The Morgan fingerprint density at radius 2 is 1.77 bits per heavy atom. The van der Waals surface area contributed by atoms with E-state index in [-0.39, 0.29) is 11.3 Å². The molecule has 0 radical (unpaired) electrons. The quantitative estimate of drug-likeness (QED) is 0.415. The van der Waals surface area contributed by atoms with Crippen LogP contribution in [0.3, 0.4) is 0 Å². The van der Waals surface area contributed by atoms with Crippen molar-refractivity contribution in [2.75, 3.05) is 27.3 Å². The van der Waals surface area contributed by atoms with Gasteiger partial charge in [0.1, 0.15) is 30.0 Å². The highest BCUT2D eigenvalue weighted by Crippen LogP contribution is 2.28. The maximum Gasteiger partial charge on any atom is 0.408 e. The zero-order valence-electron chi connectivity index (χ0n) is 18.2. The molecule has 11 nitrogen and oxygen atoms in total. The van der Waals surface area contributed by atoms with Gasteiger partial charge in [0.25, 0.3) is 0 Å². The first-order valence-corrected chi connectivity index (χ1v) is 9.40. The lowest BCUT2D eigenvalue weighted by Gasteiger charge is -2.31. The molecule has 2 unspecified atom stereocenters. The zero-order valence-corrected chi connectivity index (χ0v) is 18.2. The van der Waals surface area contributed by atoms with Crippen LogP contribution >= 0.6 is 0 Å². The van der Waals surface area contributed by atoms with Crippen LogP contribution in [0, 0.1) is 0 Å². The van der Waals surface area contributed by atoms with Crippen LogP contribution in [0.5, 0.6) is 5.75 Å². The summed E-state index contributed by atoms with van der Waals surface area (Å²) in [4.78, 5) is 50.1. The van der Waals surface area contributed by atoms with Crippen molar-refractivity contribution in [1.82, 2.24) is 15.5 Å². The van der Waals surface area contributed by atoms with E-state index in [9.17, 15) is 29.4 Å². The number of nitrogens with one attached hydrogen (secondary N) is 2. The summed E-state index contributed by atoms with van der Waals surface area (Å²) in [5.41, 5.74) is -0.750. The van der Waals surface area contributed by atoms with Gasteiger partial charge in [-0.25, -0.2) is 4.79 Å². The van der Waals surface area contributed by atoms with Crippen LogP contribution in [0.4, 0.5) is 4.79 Å². The molecule has 4 N–H and O–H groups in total. The average molecular weight is 439 g/mol. The standard InChI is InChI=1S/C20H29N3O8/c1-20(2,3)31-19(29)22-13(11-24)18(28)23(4)16(12-8-6-7-9-14(12)25)17(27)21-10-15(26)30-5/h6-9,13,16,24-25H,10-11H2,1-5H3,(H,21,27)(H,22,29). The summed E-state index contributed by atoms with van der Waals surface area (Å²) in [5, 5.41) is 24.4. The second-order valence-electron chi connectivity index (χ2n) is 7.59. The first-order valence-electron chi connectivity index (χ1n) is 9.40. The maximum absolute atomic E-state index is 12.9. The predicted molar refractivity (Wildman–Crippen MR) is 109 cm³/mol. The summed E-state index contributed by atoms with van der Waals surface area (Å²) >= 11 is 0. The highest BCUT2D eigenvalue weighted by atomic mass is 16.6. The number of hydrogen-bond acceptors (Lipinski definition) is 8. The number of aromatic hydroxyl groups is 1. The number of methoxy groups -OCH3 is 1. The third-order valence-corrected chi connectivity index (χ3v) is 4.02. The van der Waals surface area contributed by atoms with Crippen molar-refractivity contribution < 1.29 is 38.9 Å². The van der Waals surface area contributed by atoms with E-state index in [1.807, 2.05) is 0 Å². The van der Waals surface area contributed by atoms with E-state index < -0.39 is 54.7 Å². The second-order valence-corrected chi connectivity index (χ2v) is 7.59. The number of benzene rings is 1. The summed E-state index contributed by atoms with van der Waals surface area (Å²) in [6, 6.07) is 3.06. The van der Waals surface area contributed by atoms with Crippen molar-refractivity contribution >= 4 is 23.9 Å². The number of hydrogen-bond donors (Lipinski definition) is 4. The molecule has 1 aromatic rings. The maximum atomic E-state index is 12.9. The number of amides is 3. The Labute approximate surface area is 180 Å². The van der Waals surface area contributed by atoms with Gasteiger partial charge in [-0.2, -0.15) is 0 Å². The molecule has 0 spiro atoms. The SMILES string of the molecule is COC(=O)CNC(=O)C(c1ccccc1O)N(C)C(=O)C(CO)NC(=O)OC(C)(C)C. The molecule has 0 aliphatic rings. The molecule has 1 rings (SSSR count). The molecule has 11 heteroatoms. The van der Waals surface area contributed by atoms with E-state index in [2.05, 4.69) is 15.4 Å². The number of aliphatic hydroxyl groups excluding tert-OH is 1. The van der Waals surface area contributed by atoms with E-state index in [1.165, 1.54) is 25.2 Å². The minimum Gasteiger partial charge on any atom is -0.508 e. The van der Waals surface area contributed by atoms with Crippen molar-refractivity contribution in [3.05, 3.63) is 29.8 Å². The molecule has 0 aliphatic heterocycles. The molecule has 0 bridgehead atoms. The number of phenols is 1. The van der Waals surface area contributed by atoms with E-state index in [0.29, 0.717) is 0 Å². The molecule has 0 fully saturated rings. The Morgan fingerprint density at radius 3 is 2.29 bits per heavy atom. The molecule has 0 heterocycles. The summed E-state index contributed by atoms with van der Waals surface area (Å²) in [7, 11) is 2.41. The van der Waals surface area contributed by atoms with Gasteiger partial charge in [0.2, 0.25) is 11.8 Å². The molecule has 2 atom stereocenters. The number of nitrogens with zero attached hydrogens (tertiary/aromatic N) is 1. The van der Waals surface area contributed by atoms with Crippen LogP contribution in [0.15, 0.2) is 24.3 Å².